The Bertz CT molecular complexity index is 554. The van der Waals surface area contributed by atoms with E-state index in [-0.39, 0.29) is 34.4 Å². The molecule has 102 valence electrons. The summed E-state index contributed by atoms with van der Waals surface area (Å²) in [6.07, 6.45) is 0. The predicted molar refractivity (Wildman–Crippen MR) is 68.7 cm³/mol. The Morgan fingerprint density at radius 2 is 1.11 bits per heavy atom. The molecule has 0 fully saturated rings. The maximum Gasteiger partial charge on any atom is 0.180 e. The molecule has 0 aliphatic rings. The molecule has 0 heterocycles. The molecule has 0 radical (unpaired) electrons. The third-order valence-corrected chi connectivity index (χ3v) is 6.02. The summed E-state index contributed by atoms with van der Waals surface area (Å²) in [6, 6.07) is 5.50. The van der Waals surface area contributed by atoms with Gasteiger partial charge in [0.25, 0.3) is 0 Å². The van der Waals surface area contributed by atoms with E-state index in [1.165, 1.54) is 24.3 Å². The van der Waals surface area contributed by atoms with Crippen molar-refractivity contribution in [2.45, 2.75) is 9.79 Å². The van der Waals surface area contributed by atoms with Gasteiger partial charge in [0.2, 0.25) is 0 Å². The summed E-state index contributed by atoms with van der Waals surface area (Å²) in [6.45, 7) is -0.124. The quantitative estimate of drug-likeness (QED) is 0.704. The maximum absolute atomic E-state index is 11.9. The van der Waals surface area contributed by atoms with Crippen LogP contribution in [0.15, 0.2) is 34.1 Å². The second-order valence-corrected chi connectivity index (χ2v) is 7.82. The van der Waals surface area contributed by atoms with Crippen LogP contribution in [0.5, 0.6) is 0 Å². The monoisotopic (exact) mass is 292 g/mol. The highest BCUT2D eigenvalue weighted by Gasteiger charge is 2.24. The van der Waals surface area contributed by atoms with Crippen molar-refractivity contribution in [2.75, 3.05) is 24.6 Å². The van der Waals surface area contributed by atoms with E-state index < -0.39 is 19.7 Å². The van der Waals surface area contributed by atoms with Crippen LogP contribution in [0, 0.1) is 0 Å². The smallest absolute Gasteiger partial charge is 0.180 e. The zero-order valence-electron chi connectivity index (χ0n) is 9.74. The molecule has 0 saturated carbocycles. The van der Waals surface area contributed by atoms with Crippen LogP contribution in [-0.2, 0) is 19.7 Å². The number of sulfone groups is 2. The van der Waals surface area contributed by atoms with Crippen molar-refractivity contribution >= 4 is 19.7 Å². The minimum atomic E-state index is -3.69. The van der Waals surface area contributed by atoms with Gasteiger partial charge in [0.05, 0.1) is 21.3 Å². The average Bonchev–Trinajstić information content (AvgIpc) is 2.29. The average molecular weight is 292 g/mol. The normalized spacial score (nSPS) is 12.6. The maximum atomic E-state index is 11.9. The molecule has 0 amide bonds. The highest BCUT2D eigenvalue weighted by atomic mass is 32.2. The zero-order chi connectivity index (χ0) is 13.8. The Hall–Kier alpha value is -0.960. The first-order valence-corrected chi connectivity index (χ1v) is 8.60. The van der Waals surface area contributed by atoms with Crippen molar-refractivity contribution < 1.29 is 16.8 Å². The molecular weight excluding hydrogens is 276 g/mol. The van der Waals surface area contributed by atoms with Crippen LogP contribution in [-0.4, -0.2) is 41.4 Å². The van der Waals surface area contributed by atoms with E-state index in [0.29, 0.717) is 0 Å². The number of nitrogens with two attached hydrogens (primary N) is 2. The fraction of sp³-hybridized carbons (Fsp3) is 0.400. The lowest BCUT2D eigenvalue weighted by Gasteiger charge is -2.10. The van der Waals surface area contributed by atoms with Crippen molar-refractivity contribution in [3.63, 3.8) is 0 Å². The highest BCUT2D eigenvalue weighted by molar-refractivity contribution is 7.94. The van der Waals surface area contributed by atoms with Crippen molar-refractivity contribution in [1.82, 2.24) is 0 Å². The Balaban J connectivity index is 3.41. The SMILES string of the molecule is NCCS(=O)(=O)c1ccccc1S(=O)(=O)CCN. The van der Waals surface area contributed by atoms with Crippen LogP contribution in [0.25, 0.3) is 0 Å². The van der Waals surface area contributed by atoms with Gasteiger partial charge in [-0.05, 0) is 12.1 Å². The van der Waals surface area contributed by atoms with E-state index in [1.807, 2.05) is 0 Å². The van der Waals surface area contributed by atoms with Crippen molar-refractivity contribution in [1.29, 1.82) is 0 Å². The van der Waals surface area contributed by atoms with Crippen LogP contribution >= 0.6 is 0 Å². The first kappa shape index (κ1) is 15.1. The van der Waals surface area contributed by atoms with Crippen LogP contribution in [0.1, 0.15) is 0 Å². The van der Waals surface area contributed by atoms with E-state index in [4.69, 9.17) is 11.5 Å². The summed E-state index contributed by atoms with van der Waals surface area (Å²) in [5, 5.41) is 0. The highest BCUT2D eigenvalue weighted by Crippen LogP contribution is 2.22. The van der Waals surface area contributed by atoms with Crippen molar-refractivity contribution in [2.24, 2.45) is 11.5 Å². The molecule has 0 saturated heterocycles. The van der Waals surface area contributed by atoms with Gasteiger partial charge in [0.15, 0.2) is 19.7 Å². The summed E-state index contributed by atoms with van der Waals surface area (Å²) in [7, 11) is -7.37. The van der Waals surface area contributed by atoms with E-state index in [9.17, 15) is 16.8 Å². The van der Waals surface area contributed by atoms with Gasteiger partial charge < -0.3 is 11.5 Å². The third-order valence-electron chi connectivity index (χ3n) is 2.29. The Kier molecular flexibility index (Phi) is 4.85. The zero-order valence-corrected chi connectivity index (χ0v) is 11.4. The Labute approximate surface area is 107 Å². The molecule has 6 nitrogen and oxygen atoms in total. The molecule has 0 aliphatic heterocycles. The standard InChI is InChI=1S/C10H16N2O4S2/c11-5-7-17(13,14)9-3-1-2-4-10(9)18(15,16)8-6-12/h1-4H,5-8,11-12H2. The second-order valence-electron chi connectivity index (χ2n) is 3.66. The minimum Gasteiger partial charge on any atom is -0.329 e. The minimum absolute atomic E-state index is 0.0619. The number of hydrogen-bond donors (Lipinski definition) is 2. The molecule has 4 N–H and O–H groups in total. The van der Waals surface area contributed by atoms with Crippen molar-refractivity contribution in [3.05, 3.63) is 24.3 Å². The van der Waals surface area contributed by atoms with Crippen molar-refractivity contribution in [3.8, 4) is 0 Å². The molecule has 0 spiro atoms. The molecule has 0 bridgehead atoms. The molecule has 0 unspecified atom stereocenters. The number of hydrogen-bond acceptors (Lipinski definition) is 6. The van der Waals surface area contributed by atoms with E-state index in [0.717, 1.165) is 0 Å². The summed E-state index contributed by atoms with van der Waals surface area (Å²) in [4.78, 5) is -0.409. The van der Waals surface area contributed by atoms with Gasteiger partial charge in [-0.3, -0.25) is 0 Å². The molecule has 8 heteroatoms. The lowest BCUT2D eigenvalue weighted by molar-refractivity contribution is 0.582. The van der Waals surface area contributed by atoms with Gasteiger partial charge in [-0.25, -0.2) is 16.8 Å². The summed E-state index contributed by atoms with van der Waals surface area (Å²) in [5.41, 5.74) is 10.4. The largest absolute Gasteiger partial charge is 0.329 e. The first-order chi connectivity index (χ1) is 8.35. The van der Waals surface area contributed by atoms with Gasteiger partial charge in [0, 0.05) is 13.1 Å². The fourth-order valence-corrected chi connectivity index (χ4v) is 4.64. The fourth-order valence-electron chi connectivity index (χ4n) is 1.49. The molecule has 1 aromatic rings. The molecule has 1 aromatic carbocycles. The summed E-state index contributed by atoms with van der Waals surface area (Å²) >= 11 is 0. The molecule has 1 rings (SSSR count). The van der Waals surface area contributed by atoms with Crippen LogP contribution < -0.4 is 11.5 Å². The molecule has 18 heavy (non-hydrogen) atoms. The van der Waals surface area contributed by atoms with Crippen LogP contribution in [0.3, 0.4) is 0 Å². The van der Waals surface area contributed by atoms with Gasteiger partial charge in [-0.2, -0.15) is 0 Å². The van der Waals surface area contributed by atoms with E-state index >= 15 is 0 Å². The van der Waals surface area contributed by atoms with Crippen LogP contribution in [0.2, 0.25) is 0 Å². The predicted octanol–water partition coefficient (Wildman–Crippen LogP) is -0.849. The van der Waals surface area contributed by atoms with Gasteiger partial charge >= 0.3 is 0 Å². The topological polar surface area (TPSA) is 120 Å². The molecular formula is C10H16N2O4S2. The van der Waals surface area contributed by atoms with E-state index in [2.05, 4.69) is 0 Å². The molecule has 0 aromatic heterocycles. The molecule has 0 aliphatic carbocycles. The first-order valence-electron chi connectivity index (χ1n) is 5.30. The Morgan fingerprint density at radius 3 is 1.39 bits per heavy atom. The third kappa shape index (κ3) is 3.29. The van der Waals surface area contributed by atoms with Gasteiger partial charge in [0.1, 0.15) is 0 Å². The lowest BCUT2D eigenvalue weighted by Crippen LogP contribution is -2.21. The second kappa shape index (κ2) is 5.79. The number of rotatable bonds is 6. The lowest BCUT2D eigenvalue weighted by atomic mass is 10.4. The number of benzene rings is 1. The summed E-state index contributed by atoms with van der Waals surface area (Å²) < 4.78 is 47.7. The van der Waals surface area contributed by atoms with Crippen LogP contribution in [0.4, 0.5) is 0 Å². The van der Waals surface area contributed by atoms with Gasteiger partial charge in [-0.15, -0.1) is 0 Å². The molecule has 0 atom stereocenters. The Morgan fingerprint density at radius 1 is 0.778 bits per heavy atom. The summed E-state index contributed by atoms with van der Waals surface area (Å²) in [5.74, 6) is -0.579. The van der Waals surface area contributed by atoms with E-state index in [1.54, 1.807) is 0 Å². The van der Waals surface area contributed by atoms with Gasteiger partial charge in [-0.1, -0.05) is 12.1 Å².